The fraction of sp³-hybridized carbons (Fsp3) is 0.429. The Hall–Kier alpha value is -2.04. The molecule has 0 spiro atoms. The van der Waals surface area contributed by atoms with Crippen LogP contribution < -0.4 is 9.47 Å². The van der Waals surface area contributed by atoms with Gasteiger partial charge in [-0.25, -0.2) is 0 Å². The Morgan fingerprint density at radius 3 is 1.52 bits per heavy atom. The summed E-state index contributed by atoms with van der Waals surface area (Å²) in [7, 11) is 0. The summed E-state index contributed by atoms with van der Waals surface area (Å²) in [6.45, 7) is 5.15. The minimum absolute atomic E-state index is 0.287. The zero-order chi connectivity index (χ0) is 17.1. The average molecular weight is 340 g/mol. The molecule has 25 heavy (non-hydrogen) atoms. The number of epoxide rings is 2. The zero-order valence-corrected chi connectivity index (χ0v) is 14.5. The van der Waals surface area contributed by atoms with Crippen molar-refractivity contribution >= 4 is 0 Å². The van der Waals surface area contributed by atoms with Crippen molar-refractivity contribution in [2.24, 2.45) is 0 Å². The van der Waals surface area contributed by atoms with Gasteiger partial charge in [0.1, 0.15) is 36.9 Å². The predicted molar refractivity (Wildman–Crippen MR) is 95.5 cm³/mol. The Labute approximate surface area is 148 Å². The van der Waals surface area contributed by atoms with E-state index < -0.39 is 0 Å². The SMILES string of the molecule is CCC(c1ccc(OCC2CO2)cc1)c1ccc(OCC2CO2)cc1. The highest BCUT2D eigenvalue weighted by molar-refractivity contribution is 5.38. The lowest BCUT2D eigenvalue weighted by molar-refractivity contribution is 0.263. The number of benzene rings is 2. The van der Waals surface area contributed by atoms with Gasteiger partial charge in [0.25, 0.3) is 0 Å². The summed E-state index contributed by atoms with van der Waals surface area (Å²) in [5.41, 5.74) is 2.61. The molecule has 2 unspecified atom stereocenters. The maximum atomic E-state index is 5.72. The summed E-state index contributed by atoms with van der Waals surface area (Å²) in [6.07, 6.45) is 1.62. The first-order valence-corrected chi connectivity index (χ1v) is 9.00. The summed E-state index contributed by atoms with van der Waals surface area (Å²) < 4.78 is 21.8. The molecule has 2 heterocycles. The number of rotatable bonds is 9. The summed E-state index contributed by atoms with van der Waals surface area (Å²) in [5.74, 6) is 2.18. The van der Waals surface area contributed by atoms with Gasteiger partial charge >= 0.3 is 0 Å². The monoisotopic (exact) mass is 340 g/mol. The minimum Gasteiger partial charge on any atom is -0.491 e. The van der Waals surface area contributed by atoms with Crippen LogP contribution in [0.25, 0.3) is 0 Å². The Bertz CT molecular complexity index is 613. The quantitative estimate of drug-likeness (QED) is 0.652. The first-order valence-electron chi connectivity index (χ1n) is 9.00. The van der Waals surface area contributed by atoms with E-state index in [9.17, 15) is 0 Å². The van der Waals surface area contributed by atoms with Gasteiger partial charge in [-0.2, -0.15) is 0 Å². The summed E-state index contributed by atoms with van der Waals surface area (Å²) in [4.78, 5) is 0. The van der Waals surface area contributed by atoms with Crippen LogP contribution in [0.1, 0.15) is 30.4 Å². The van der Waals surface area contributed by atoms with Gasteiger partial charge in [0.05, 0.1) is 13.2 Å². The van der Waals surface area contributed by atoms with E-state index >= 15 is 0 Å². The first-order chi connectivity index (χ1) is 12.3. The van der Waals surface area contributed by atoms with E-state index in [4.69, 9.17) is 18.9 Å². The number of ether oxygens (including phenoxy) is 4. The number of hydrogen-bond donors (Lipinski definition) is 0. The highest BCUT2D eigenvalue weighted by atomic mass is 16.6. The van der Waals surface area contributed by atoms with Crippen molar-refractivity contribution in [3.8, 4) is 11.5 Å². The van der Waals surface area contributed by atoms with Crippen molar-refractivity contribution in [3.63, 3.8) is 0 Å². The summed E-state index contributed by atoms with van der Waals surface area (Å²) in [5, 5.41) is 0. The van der Waals surface area contributed by atoms with Gasteiger partial charge in [-0.05, 0) is 41.8 Å². The van der Waals surface area contributed by atoms with Crippen LogP contribution in [0.2, 0.25) is 0 Å². The van der Waals surface area contributed by atoms with E-state index in [0.29, 0.717) is 19.1 Å². The maximum Gasteiger partial charge on any atom is 0.119 e. The first kappa shape index (κ1) is 16.4. The van der Waals surface area contributed by atoms with Crippen molar-refractivity contribution in [1.29, 1.82) is 0 Å². The molecule has 0 bridgehead atoms. The maximum absolute atomic E-state index is 5.72. The van der Waals surface area contributed by atoms with E-state index in [1.54, 1.807) is 0 Å². The molecule has 0 saturated carbocycles. The molecule has 2 aliphatic rings. The van der Waals surface area contributed by atoms with Gasteiger partial charge in [0.15, 0.2) is 0 Å². The van der Waals surface area contributed by atoms with E-state index in [1.807, 2.05) is 24.3 Å². The van der Waals surface area contributed by atoms with Crippen molar-refractivity contribution < 1.29 is 18.9 Å². The van der Waals surface area contributed by atoms with Crippen LogP contribution in [0.5, 0.6) is 11.5 Å². The summed E-state index contributed by atoms with van der Waals surface area (Å²) in [6, 6.07) is 16.8. The molecule has 4 nitrogen and oxygen atoms in total. The second kappa shape index (κ2) is 7.46. The van der Waals surface area contributed by atoms with Crippen LogP contribution >= 0.6 is 0 Å². The Balaban J connectivity index is 1.39. The van der Waals surface area contributed by atoms with E-state index in [0.717, 1.165) is 31.1 Å². The third-order valence-corrected chi connectivity index (χ3v) is 4.65. The largest absolute Gasteiger partial charge is 0.491 e. The highest BCUT2D eigenvalue weighted by Crippen LogP contribution is 2.30. The molecule has 2 aromatic carbocycles. The van der Waals surface area contributed by atoms with Gasteiger partial charge in [-0.15, -0.1) is 0 Å². The molecular weight excluding hydrogens is 316 g/mol. The van der Waals surface area contributed by atoms with Gasteiger partial charge in [-0.1, -0.05) is 31.2 Å². The van der Waals surface area contributed by atoms with Crippen molar-refractivity contribution in [3.05, 3.63) is 59.7 Å². The fourth-order valence-corrected chi connectivity index (χ4v) is 2.96. The van der Waals surface area contributed by atoms with Gasteiger partial charge in [0, 0.05) is 5.92 Å². The van der Waals surface area contributed by atoms with Crippen molar-refractivity contribution in [2.45, 2.75) is 31.5 Å². The predicted octanol–water partition coefficient (Wildman–Crippen LogP) is 3.78. The molecule has 132 valence electrons. The summed E-state index contributed by atoms with van der Waals surface area (Å²) >= 11 is 0. The van der Waals surface area contributed by atoms with Crippen LogP contribution in [0.15, 0.2) is 48.5 Å². The molecule has 2 fully saturated rings. The van der Waals surface area contributed by atoms with Gasteiger partial charge in [-0.3, -0.25) is 0 Å². The molecule has 0 radical (unpaired) electrons. The van der Waals surface area contributed by atoms with E-state index in [-0.39, 0.29) is 12.2 Å². The normalized spacial score (nSPS) is 22.3. The minimum atomic E-state index is 0.287. The molecule has 2 aromatic rings. The van der Waals surface area contributed by atoms with Crippen LogP contribution in [-0.4, -0.2) is 38.6 Å². The van der Waals surface area contributed by atoms with E-state index in [1.165, 1.54) is 11.1 Å². The average Bonchev–Trinajstić information content (AvgIpc) is 3.56. The Kier molecular flexibility index (Phi) is 4.90. The standard InChI is InChI=1S/C21H24O4/c1-2-21(15-3-7-17(8-4-15)22-11-19-13-24-19)16-5-9-18(10-6-16)23-12-20-14-25-20/h3-10,19-21H,2,11-14H2,1H3. The van der Waals surface area contributed by atoms with Crippen LogP contribution in [-0.2, 0) is 9.47 Å². The van der Waals surface area contributed by atoms with Crippen LogP contribution in [0.3, 0.4) is 0 Å². The number of hydrogen-bond acceptors (Lipinski definition) is 4. The second-order valence-electron chi connectivity index (χ2n) is 6.63. The lowest BCUT2D eigenvalue weighted by Gasteiger charge is -2.17. The lowest BCUT2D eigenvalue weighted by atomic mass is 9.89. The molecule has 4 rings (SSSR count). The molecule has 2 saturated heterocycles. The van der Waals surface area contributed by atoms with Crippen molar-refractivity contribution in [1.82, 2.24) is 0 Å². The molecule has 0 N–H and O–H groups in total. The third kappa shape index (κ3) is 4.53. The van der Waals surface area contributed by atoms with Gasteiger partial charge < -0.3 is 18.9 Å². The highest BCUT2D eigenvalue weighted by Gasteiger charge is 2.23. The Morgan fingerprint density at radius 2 is 1.20 bits per heavy atom. The molecule has 4 heteroatoms. The fourth-order valence-electron chi connectivity index (χ4n) is 2.96. The molecular formula is C21H24O4. The zero-order valence-electron chi connectivity index (χ0n) is 14.5. The molecule has 2 atom stereocenters. The Morgan fingerprint density at radius 1 is 0.800 bits per heavy atom. The van der Waals surface area contributed by atoms with Crippen LogP contribution in [0, 0.1) is 0 Å². The van der Waals surface area contributed by atoms with Crippen molar-refractivity contribution in [2.75, 3.05) is 26.4 Å². The molecule has 0 aromatic heterocycles. The molecule has 2 aliphatic heterocycles. The lowest BCUT2D eigenvalue weighted by Crippen LogP contribution is -2.05. The van der Waals surface area contributed by atoms with Gasteiger partial charge in [0.2, 0.25) is 0 Å². The molecule has 0 aliphatic carbocycles. The third-order valence-electron chi connectivity index (χ3n) is 4.65. The molecule has 0 amide bonds. The second-order valence-corrected chi connectivity index (χ2v) is 6.63. The van der Waals surface area contributed by atoms with Crippen LogP contribution in [0.4, 0.5) is 0 Å². The van der Waals surface area contributed by atoms with E-state index in [2.05, 4.69) is 31.2 Å². The topological polar surface area (TPSA) is 43.5 Å². The smallest absolute Gasteiger partial charge is 0.119 e.